The van der Waals surface area contributed by atoms with Crippen LogP contribution in [0, 0.1) is 11.7 Å². The fourth-order valence-corrected chi connectivity index (χ4v) is 4.09. The minimum atomic E-state index is -1.13. The van der Waals surface area contributed by atoms with Gasteiger partial charge in [-0.3, -0.25) is 14.9 Å². The molecule has 9 heteroatoms. The molecule has 0 unspecified atom stereocenters. The third-order valence-corrected chi connectivity index (χ3v) is 5.86. The number of piperazine rings is 1. The van der Waals surface area contributed by atoms with Gasteiger partial charge in [0.05, 0.1) is 13.7 Å². The highest BCUT2D eigenvalue weighted by Crippen LogP contribution is 2.31. The van der Waals surface area contributed by atoms with Gasteiger partial charge < -0.3 is 19.3 Å². The number of esters is 1. The van der Waals surface area contributed by atoms with Crippen molar-refractivity contribution in [2.24, 2.45) is 10.9 Å². The fourth-order valence-electron chi connectivity index (χ4n) is 4.09. The van der Waals surface area contributed by atoms with Gasteiger partial charge in [-0.2, -0.15) is 0 Å². The Morgan fingerprint density at radius 3 is 2.30 bits per heavy atom. The zero-order chi connectivity index (χ0) is 23.4. The number of hydrogen-bond acceptors (Lipinski definition) is 7. The van der Waals surface area contributed by atoms with Crippen LogP contribution in [-0.2, 0) is 14.3 Å². The van der Waals surface area contributed by atoms with Gasteiger partial charge in [0.1, 0.15) is 17.6 Å². The number of nitrogens with one attached hydrogen (secondary N) is 1. The number of carbonyl (C=O) groups excluding carboxylic acids is 2. The summed E-state index contributed by atoms with van der Waals surface area (Å²) in [5, 5.41) is 2.78. The number of ether oxygens (including phenoxy) is 2. The lowest BCUT2D eigenvalue weighted by Crippen LogP contribution is -2.57. The molecule has 0 spiro atoms. The van der Waals surface area contributed by atoms with Crippen molar-refractivity contribution in [2.45, 2.75) is 13.0 Å². The Hall–Kier alpha value is -3.62. The molecule has 2 heterocycles. The van der Waals surface area contributed by atoms with E-state index in [9.17, 15) is 14.0 Å². The Morgan fingerprint density at radius 1 is 1.06 bits per heavy atom. The lowest BCUT2D eigenvalue weighted by Gasteiger charge is -2.39. The normalized spacial score (nSPS) is 20.7. The number of methoxy groups -OCH3 is 1. The van der Waals surface area contributed by atoms with E-state index >= 15 is 0 Å². The molecule has 4 rings (SSSR count). The molecule has 0 saturated carbocycles. The summed E-state index contributed by atoms with van der Waals surface area (Å²) in [5.41, 5.74) is 1.68. The van der Waals surface area contributed by atoms with Gasteiger partial charge in [0.15, 0.2) is 5.92 Å². The van der Waals surface area contributed by atoms with Crippen LogP contribution >= 0.6 is 0 Å². The van der Waals surface area contributed by atoms with Crippen molar-refractivity contribution in [3.05, 3.63) is 59.9 Å². The molecule has 0 aliphatic carbocycles. The van der Waals surface area contributed by atoms with E-state index in [1.54, 1.807) is 26.2 Å². The topological polar surface area (TPSA) is 83.5 Å². The van der Waals surface area contributed by atoms with Crippen LogP contribution in [0.3, 0.4) is 0 Å². The predicted octanol–water partition coefficient (Wildman–Crippen LogP) is 2.36. The molecular weight excluding hydrogens is 427 g/mol. The molecule has 1 amide bonds. The van der Waals surface area contributed by atoms with Crippen LogP contribution in [-0.4, -0.2) is 62.6 Å². The van der Waals surface area contributed by atoms with E-state index in [2.05, 4.69) is 10.2 Å². The first-order chi connectivity index (χ1) is 16.0. The molecule has 2 aliphatic heterocycles. The van der Waals surface area contributed by atoms with Gasteiger partial charge in [-0.15, -0.1) is 0 Å². The van der Waals surface area contributed by atoms with Gasteiger partial charge >= 0.3 is 5.97 Å². The number of aliphatic imine (C=N–C) groups is 1. The maximum absolute atomic E-state index is 13.5. The highest BCUT2D eigenvalue weighted by molar-refractivity contribution is 6.08. The van der Waals surface area contributed by atoms with Gasteiger partial charge in [-0.1, -0.05) is 12.1 Å². The molecule has 8 nitrogen and oxygen atoms in total. The Kier molecular flexibility index (Phi) is 6.76. The van der Waals surface area contributed by atoms with Crippen molar-refractivity contribution in [3.8, 4) is 5.75 Å². The molecule has 2 aromatic carbocycles. The Labute approximate surface area is 192 Å². The van der Waals surface area contributed by atoms with Crippen molar-refractivity contribution in [1.29, 1.82) is 0 Å². The summed E-state index contributed by atoms with van der Waals surface area (Å²) in [6, 6.07) is 12.8. The highest BCUT2D eigenvalue weighted by Gasteiger charge is 2.42. The Balaban J connectivity index is 1.53. The van der Waals surface area contributed by atoms with Crippen molar-refractivity contribution in [1.82, 2.24) is 10.2 Å². The largest absolute Gasteiger partial charge is 0.497 e. The summed E-state index contributed by atoms with van der Waals surface area (Å²) in [4.78, 5) is 34.4. The molecule has 2 aromatic rings. The van der Waals surface area contributed by atoms with Crippen molar-refractivity contribution in [3.63, 3.8) is 0 Å². The van der Waals surface area contributed by atoms with Crippen LogP contribution in [0.1, 0.15) is 18.5 Å². The van der Waals surface area contributed by atoms with Crippen LogP contribution in [0.25, 0.3) is 0 Å². The first-order valence-electron chi connectivity index (χ1n) is 10.9. The SMILES string of the molecule is CCOC(=O)[C@@H]1C(=O)NC(N2CCN(c3ccc(OC)cc3)CC2)=N[C@@H]1c1ccc(F)cc1. The fraction of sp³-hybridized carbons (Fsp3) is 0.375. The summed E-state index contributed by atoms with van der Waals surface area (Å²) in [6.45, 7) is 4.61. The Morgan fingerprint density at radius 2 is 1.70 bits per heavy atom. The third-order valence-electron chi connectivity index (χ3n) is 5.86. The lowest BCUT2D eigenvalue weighted by molar-refractivity contribution is -0.153. The van der Waals surface area contributed by atoms with Crippen LogP contribution in [0.15, 0.2) is 53.5 Å². The van der Waals surface area contributed by atoms with Crippen molar-refractivity contribution >= 4 is 23.5 Å². The third kappa shape index (κ3) is 4.92. The molecule has 2 aliphatic rings. The number of nitrogens with zero attached hydrogens (tertiary/aromatic N) is 3. The van der Waals surface area contributed by atoms with Gasteiger partial charge in [0, 0.05) is 31.9 Å². The summed E-state index contributed by atoms with van der Waals surface area (Å²) >= 11 is 0. The van der Waals surface area contributed by atoms with Crippen LogP contribution in [0.2, 0.25) is 0 Å². The predicted molar refractivity (Wildman–Crippen MR) is 122 cm³/mol. The molecule has 2 atom stereocenters. The van der Waals surface area contributed by atoms with Crippen LogP contribution in [0.5, 0.6) is 5.75 Å². The molecule has 174 valence electrons. The molecule has 33 heavy (non-hydrogen) atoms. The molecule has 0 radical (unpaired) electrons. The number of carbonyl (C=O) groups is 2. The number of rotatable bonds is 5. The van der Waals surface area contributed by atoms with E-state index in [4.69, 9.17) is 14.5 Å². The molecule has 0 aromatic heterocycles. The number of benzene rings is 2. The number of guanidine groups is 1. The summed E-state index contributed by atoms with van der Waals surface area (Å²) in [5.74, 6) is -1.41. The first kappa shape index (κ1) is 22.6. The quantitative estimate of drug-likeness (QED) is 0.552. The zero-order valence-electron chi connectivity index (χ0n) is 18.7. The van der Waals surface area contributed by atoms with Crippen molar-refractivity contribution < 1.29 is 23.5 Å². The minimum absolute atomic E-state index is 0.155. The number of hydrogen-bond donors (Lipinski definition) is 1. The van der Waals surface area contributed by atoms with Crippen LogP contribution < -0.4 is 15.0 Å². The van der Waals surface area contributed by atoms with E-state index < -0.39 is 29.7 Å². The molecule has 1 N–H and O–H groups in total. The van der Waals surface area contributed by atoms with Gasteiger partial charge in [0.25, 0.3) is 0 Å². The second-order valence-corrected chi connectivity index (χ2v) is 7.84. The maximum Gasteiger partial charge on any atom is 0.321 e. The second kappa shape index (κ2) is 9.89. The second-order valence-electron chi connectivity index (χ2n) is 7.84. The van der Waals surface area contributed by atoms with Gasteiger partial charge in [-0.25, -0.2) is 9.38 Å². The average molecular weight is 455 g/mol. The number of anilines is 1. The van der Waals surface area contributed by atoms with E-state index in [0.29, 0.717) is 24.6 Å². The highest BCUT2D eigenvalue weighted by atomic mass is 19.1. The van der Waals surface area contributed by atoms with E-state index in [-0.39, 0.29) is 6.61 Å². The average Bonchev–Trinajstić information content (AvgIpc) is 2.84. The summed E-state index contributed by atoms with van der Waals surface area (Å²) < 4.78 is 23.8. The summed E-state index contributed by atoms with van der Waals surface area (Å²) in [6.07, 6.45) is 0. The van der Waals surface area contributed by atoms with E-state index in [0.717, 1.165) is 24.5 Å². The smallest absolute Gasteiger partial charge is 0.321 e. The van der Waals surface area contributed by atoms with Gasteiger partial charge in [-0.05, 0) is 48.9 Å². The van der Waals surface area contributed by atoms with Gasteiger partial charge in [0.2, 0.25) is 11.9 Å². The first-order valence-corrected chi connectivity index (χ1v) is 10.9. The van der Waals surface area contributed by atoms with E-state index in [1.807, 2.05) is 29.2 Å². The number of amides is 1. The molecule has 1 saturated heterocycles. The molecule has 0 bridgehead atoms. The Bertz CT molecular complexity index is 1020. The monoisotopic (exact) mass is 454 g/mol. The summed E-state index contributed by atoms with van der Waals surface area (Å²) in [7, 11) is 1.64. The molecular formula is C24H27FN4O4. The molecule has 1 fully saturated rings. The minimum Gasteiger partial charge on any atom is -0.497 e. The maximum atomic E-state index is 13.5. The van der Waals surface area contributed by atoms with Crippen molar-refractivity contribution in [2.75, 3.05) is 44.8 Å². The van der Waals surface area contributed by atoms with E-state index in [1.165, 1.54) is 12.1 Å². The zero-order valence-corrected chi connectivity index (χ0v) is 18.7. The lowest BCUT2D eigenvalue weighted by atomic mass is 9.91. The number of halogens is 1. The van der Waals surface area contributed by atoms with Crippen LogP contribution in [0.4, 0.5) is 10.1 Å². The standard InChI is InChI=1S/C24H27FN4O4/c1-3-33-23(31)20-21(16-4-6-17(25)7-5-16)26-24(27-22(20)30)29-14-12-28(13-15-29)18-8-10-19(32-2)11-9-18/h4-11,20-21H,3,12-15H2,1-2H3,(H,26,27,30)/t20-,21+/m0/s1.